The smallest absolute Gasteiger partial charge is 0.243 e. The standard InChI is InChI=1S/C29H40ClN3O6S/c1-5-26(29(35)31-22-11-6-7-12-22)32(20-21-10-8-13-24(18-21)38-2)28(34)14-9-17-33(40(4,36)37)23-15-16-27(39-3)25(30)19-23/h8,10,13,15-16,18-19,22,26H,5-7,9,11-12,14,17,20H2,1-4H3,(H,31,35)/t26-/m1/s1. The highest BCUT2D eigenvalue weighted by Gasteiger charge is 2.31. The highest BCUT2D eigenvalue weighted by Crippen LogP contribution is 2.30. The van der Waals surface area contributed by atoms with E-state index in [1.54, 1.807) is 24.1 Å². The van der Waals surface area contributed by atoms with Crippen molar-refractivity contribution in [3.63, 3.8) is 0 Å². The van der Waals surface area contributed by atoms with E-state index in [0.29, 0.717) is 23.6 Å². The van der Waals surface area contributed by atoms with Crippen LogP contribution in [0.4, 0.5) is 5.69 Å². The Morgan fingerprint density at radius 1 is 1.10 bits per heavy atom. The van der Waals surface area contributed by atoms with E-state index >= 15 is 0 Å². The van der Waals surface area contributed by atoms with Crippen molar-refractivity contribution in [2.45, 2.75) is 70.5 Å². The van der Waals surface area contributed by atoms with Crippen LogP contribution in [0.5, 0.6) is 11.5 Å². The molecule has 3 rings (SSSR count). The van der Waals surface area contributed by atoms with Gasteiger partial charge in [-0.25, -0.2) is 8.42 Å². The summed E-state index contributed by atoms with van der Waals surface area (Å²) in [7, 11) is -0.585. The van der Waals surface area contributed by atoms with Crippen molar-refractivity contribution in [2.75, 3.05) is 31.3 Å². The van der Waals surface area contributed by atoms with Crippen LogP contribution in [-0.4, -0.2) is 64.2 Å². The van der Waals surface area contributed by atoms with Crippen LogP contribution in [0.15, 0.2) is 42.5 Å². The van der Waals surface area contributed by atoms with Gasteiger partial charge in [0.2, 0.25) is 21.8 Å². The average Bonchev–Trinajstić information content (AvgIpc) is 3.43. The van der Waals surface area contributed by atoms with E-state index in [1.165, 1.54) is 17.5 Å². The molecule has 1 aliphatic carbocycles. The van der Waals surface area contributed by atoms with E-state index in [2.05, 4.69) is 5.32 Å². The first-order valence-corrected chi connectivity index (χ1v) is 15.8. The molecule has 0 spiro atoms. The molecule has 1 aliphatic rings. The Labute approximate surface area is 242 Å². The molecular weight excluding hydrogens is 554 g/mol. The maximum Gasteiger partial charge on any atom is 0.243 e. The summed E-state index contributed by atoms with van der Waals surface area (Å²) in [5.74, 6) is 0.716. The Hall–Kier alpha value is -2.98. The normalized spacial score (nSPS) is 14.4. The van der Waals surface area contributed by atoms with E-state index in [-0.39, 0.29) is 48.8 Å². The number of nitrogens with zero attached hydrogens (tertiary/aromatic N) is 2. The van der Waals surface area contributed by atoms with Crippen LogP contribution in [0, 0.1) is 0 Å². The van der Waals surface area contributed by atoms with Gasteiger partial charge in [0.25, 0.3) is 0 Å². The van der Waals surface area contributed by atoms with Crippen molar-refractivity contribution >= 4 is 39.1 Å². The van der Waals surface area contributed by atoms with Crippen LogP contribution in [0.25, 0.3) is 0 Å². The van der Waals surface area contributed by atoms with Crippen molar-refractivity contribution in [1.29, 1.82) is 0 Å². The van der Waals surface area contributed by atoms with Gasteiger partial charge in [0.05, 0.1) is 31.2 Å². The monoisotopic (exact) mass is 593 g/mol. The minimum atomic E-state index is -3.65. The largest absolute Gasteiger partial charge is 0.497 e. The first-order valence-electron chi connectivity index (χ1n) is 13.6. The summed E-state index contributed by atoms with van der Waals surface area (Å²) in [4.78, 5) is 28.6. The quantitative estimate of drug-likeness (QED) is 0.338. The number of amides is 2. The van der Waals surface area contributed by atoms with Crippen LogP contribution in [0.3, 0.4) is 0 Å². The number of methoxy groups -OCH3 is 2. The van der Waals surface area contributed by atoms with Gasteiger partial charge >= 0.3 is 0 Å². The maximum absolute atomic E-state index is 13.7. The number of hydrogen-bond acceptors (Lipinski definition) is 6. The summed E-state index contributed by atoms with van der Waals surface area (Å²) in [5, 5.41) is 3.42. The Bertz CT molecular complexity index is 1270. The zero-order valence-electron chi connectivity index (χ0n) is 23.7. The summed E-state index contributed by atoms with van der Waals surface area (Å²) >= 11 is 6.24. The van der Waals surface area contributed by atoms with Gasteiger partial charge in [0, 0.05) is 25.6 Å². The summed E-state index contributed by atoms with van der Waals surface area (Å²) in [6, 6.07) is 11.6. The summed E-state index contributed by atoms with van der Waals surface area (Å²) in [6.07, 6.45) is 5.95. The highest BCUT2D eigenvalue weighted by molar-refractivity contribution is 7.92. The lowest BCUT2D eigenvalue weighted by molar-refractivity contribution is -0.141. The van der Waals surface area contributed by atoms with Gasteiger partial charge in [0.15, 0.2) is 0 Å². The minimum absolute atomic E-state index is 0.0626. The molecular formula is C29H40ClN3O6S. The summed E-state index contributed by atoms with van der Waals surface area (Å²) in [5.41, 5.74) is 1.22. The maximum atomic E-state index is 13.7. The zero-order chi connectivity index (χ0) is 29.3. The SMILES string of the molecule is CC[C@H](C(=O)NC1CCCC1)N(Cc1cccc(OC)c1)C(=O)CCCN(c1ccc(OC)c(Cl)c1)S(C)(=O)=O. The lowest BCUT2D eigenvalue weighted by atomic mass is 10.1. The summed E-state index contributed by atoms with van der Waals surface area (Å²) in [6.45, 7) is 2.20. The number of ether oxygens (including phenoxy) is 2. The van der Waals surface area contributed by atoms with Gasteiger partial charge in [-0.05, 0) is 61.6 Å². The van der Waals surface area contributed by atoms with Crippen LogP contribution in [0.2, 0.25) is 5.02 Å². The molecule has 11 heteroatoms. The Balaban J connectivity index is 1.78. The molecule has 1 fully saturated rings. The van der Waals surface area contributed by atoms with Crippen molar-refractivity contribution in [3.8, 4) is 11.5 Å². The second kappa shape index (κ2) is 14.6. The molecule has 2 aromatic rings. The molecule has 0 radical (unpaired) electrons. The Kier molecular flexibility index (Phi) is 11.5. The van der Waals surface area contributed by atoms with Crippen LogP contribution >= 0.6 is 11.6 Å². The zero-order valence-corrected chi connectivity index (χ0v) is 25.3. The fraction of sp³-hybridized carbons (Fsp3) is 0.517. The van der Waals surface area contributed by atoms with E-state index in [9.17, 15) is 18.0 Å². The number of hydrogen-bond donors (Lipinski definition) is 1. The van der Waals surface area contributed by atoms with E-state index in [0.717, 1.165) is 37.5 Å². The number of benzene rings is 2. The molecule has 1 saturated carbocycles. The number of nitrogens with one attached hydrogen (secondary N) is 1. The van der Waals surface area contributed by atoms with E-state index < -0.39 is 16.1 Å². The number of carbonyl (C=O) groups excluding carboxylic acids is 2. The van der Waals surface area contributed by atoms with Gasteiger partial charge in [-0.3, -0.25) is 13.9 Å². The molecule has 0 bridgehead atoms. The molecule has 0 aliphatic heterocycles. The van der Waals surface area contributed by atoms with Crippen LogP contribution < -0.4 is 19.1 Å². The number of carbonyl (C=O) groups is 2. The van der Waals surface area contributed by atoms with Crippen molar-refractivity contribution < 1.29 is 27.5 Å². The molecule has 0 saturated heterocycles. The van der Waals surface area contributed by atoms with Crippen LogP contribution in [0.1, 0.15) is 57.4 Å². The summed E-state index contributed by atoms with van der Waals surface area (Å²) < 4.78 is 37.0. The van der Waals surface area contributed by atoms with E-state index in [4.69, 9.17) is 21.1 Å². The third-order valence-corrected chi connectivity index (χ3v) is 8.64. The second-order valence-corrected chi connectivity index (χ2v) is 12.4. The molecule has 220 valence electrons. The third kappa shape index (κ3) is 8.51. The molecule has 40 heavy (non-hydrogen) atoms. The van der Waals surface area contributed by atoms with Crippen LogP contribution in [-0.2, 0) is 26.2 Å². The molecule has 0 heterocycles. The highest BCUT2D eigenvalue weighted by atomic mass is 35.5. The molecule has 1 N–H and O–H groups in total. The van der Waals surface area contributed by atoms with Crippen molar-refractivity contribution in [2.24, 2.45) is 0 Å². The van der Waals surface area contributed by atoms with E-state index in [1.807, 2.05) is 31.2 Å². The van der Waals surface area contributed by atoms with Gasteiger partial charge in [-0.2, -0.15) is 0 Å². The Morgan fingerprint density at radius 3 is 2.42 bits per heavy atom. The van der Waals surface area contributed by atoms with Crippen molar-refractivity contribution in [3.05, 3.63) is 53.1 Å². The number of rotatable bonds is 14. The van der Waals surface area contributed by atoms with Gasteiger partial charge in [-0.1, -0.05) is 43.5 Å². The second-order valence-electron chi connectivity index (χ2n) is 10.0. The topological polar surface area (TPSA) is 105 Å². The molecule has 0 aromatic heterocycles. The van der Waals surface area contributed by atoms with Gasteiger partial charge in [0.1, 0.15) is 17.5 Å². The van der Waals surface area contributed by atoms with Crippen molar-refractivity contribution in [1.82, 2.24) is 10.2 Å². The third-order valence-electron chi connectivity index (χ3n) is 7.15. The van der Waals surface area contributed by atoms with Gasteiger partial charge in [-0.15, -0.1) is 0 Å². The number of sulfonamides is 1. The predicted molar refractivity (Wildman–Crippen MR) is 157 cm³/mol. The lowest BCUT2D eigenvalue weighted by Gasteiger charge is -2.32. The molecule has 2 aromatic carbocycles. The molecule has 9 nitrogen and oxygen atoms in total. The first kappa shape index (κ1) is 31.5. The minimum Gasteiger partial charge on any atom is -0.497 e. The lowest BCUT2D eigenvalue weighted by Crippen LogP contribution is -2.51. The number of halogens is 1. The molecule has 0 unspecified atom stereocenters. The average molecular weight is 594 g/mol. The number of anilines is 1. The Morgan fingerprint density at radius 2 is 1.82 bits per heavy atom. The fourth-order valence-corrected chi connectivity index (χ4v) is 6.28. The first-order chi connectivity index (χ1) is 19.1. The molecule has 1 atom stereocenters. The predicted octanol–water partition coefficient (Wildman–Crippen LogP) is 4.77. The molecule has 2 amide bonds. The van der Waals surface area contributed by atoms with Gasteiger partial charge < -0.3 is 19.7 Å². The fourth-order valence-electron chi connectivity index (χ4n) is 5.07.